The largest absolute Gasteiger partial charge is 0.0588 e. The second-order valence-corrected chi connectivity index (χ2v) is 4.73. The van der Waals surface area contributed by atoms with Gasteiger partial charge >= 0.3 is 0 Å². The average Bonchev–Trinajstić information content (AvgIpc) is 2.70. The second-order valence-electron chi connectivity index (χ2n) is 4.73. The van der Waals surface area contributed by atoms with Gasteiger partial charge in [-0.1, -0.05) is 12.1 Å². The van der Waals surface area contributed by atoms with Crippen LogP contribution in [0.5, 0.6) is 0 Å². The van der Waals surface area contributed by atoms with Gasteiger partial charge in [-0.2, -0.15) is 0 Å². The van der Waals surface area contributed by atoms with Gasteiger partial charge in [0, 0.05) is 0 Å². The molecule has 0 nitrogen and oxygen atoms in total. The van der Waals surface area contributed by atoms with E-state index < -0.39 is 0 Å². The minimum absolute atomic E-state index is 0.917. The average molecular weight is 172 g/mol. The van der Waals surface area contributed by atoms with Gasteiger partial charge in [0.25, 0.3) is 0 Å². The molecule has 0 radical (unpaired) electrons. The first kappa shape index (κ1) is 7.61. The van der Waals surface area contributed by atoms with Crippen molar-refractivity contribution in [3.05, 3.63) is 34.4 Å². The number of hydrogen-bond acceptors (Lipinski definition) is 0. The smallest absolute Gasteiger partial charge is 0.0150 e. The Bertz CT molecular complexity index is 328. The van der Waals surface area contributed by atoms with Crippen molar-refractivity contribution < 1.29 is 0 Å². The van der Waals surface area contributed by atoms with Gasteiger partial charge < -0.3 is 0 Å². The van der Waals surface area contributed by atoms with Crippen molar-refractivity contribution >= 4 is 0 Å². The minimum Gasteiger partial charge on any atom is -0.0588 e. The van der Waals surface area contributed by atoms with E-state index in [2.05, 4.69) is 26.0 Å². The fraction of sp³-hybridized carbons (Fsp3) is 0.538. The van der Waals surface area contributed by atoms with Crippen LogP contribution < -0.4 is 0 Å². The van der Waals surface area contributed by atoms with Crippen LogP contribution in [0.3, 0.4) is 0 Å². The maximum absolute atomic E-state index is 2.30. The number of aryl methyl sites for hydroxylation is 2. The Morgan fingerprint density at radius 2 is 1.38 bits per heavy atom. The molecule has 0 saturated heterocycles. The van der Waals surface area contributed by atoms with Crippen LogP contribution in [0.4, 0.5) is 0 Å². The minimum atomic E-state index is 0.917. The van der Waals surface area contributed by atoms with Gasteiger partial charge in [0.05, 0.1) is 0 Å². The molecular weight excluding hydrogens is 156 g/mol. The highest BCUT2D eigenvalue weighted by Gasteiger charge is 2.38. The van der Waals surface area contributed by atoms with Crippen LogP contribution in [-0.2, 0) is 0 Å². The highest BCUT2D eigenvalue weighted by atomic mass is 14.4. The van der Waals surface area contributed by atoms with Crippen molar-refractivity contribution in [3.63, 3.8) is 0 Å². The number of rotatable bonds is 0. The zero-order chi connectivity index (χ0) is 9.00. The molecular formula is C13H16. The van der Waals surface area contributed by atoms with Crippen LogP contribution in [0.1, 0.15) is 53.4 Å². The van der Waals surface area contributed by atoms with Gasteiger partial charge in [0.15, 0.2) is 0 Å². The van der Waals surface area contributed by atoms with E-state index in [1.54, 1.807) is 11.1 Å². The van der Waals surface area contributed by atoms with Crippen LogP contribution in [0.25, 0.3) is 0 Å². The molecule has 0 spiro atoms. The Morgan fingerprint density at radius 1 is 0.923 bits per heavy atom. The van der Waals surface area contributed by atoms with Crippen molar-refractivity contribution in [3.8, 4) is 0 Å². The molecule has 0 heteroatoms. The zero-order valence-electron chi connectivity index (χ0n) is 8.43. The molecule has 1 aromatic carbocycles. The molecule has 0 heterocycles. The quantitative estimate of drug-likeness (QED) is 0.560. The lowest BCUT2D eigenvalue weighted by atomic mass is 9.86. The topological polar surface area (TPSA) is 0 Å². The summed E-state index contributed by atoms with van der Waals surface area (Å²) in [5.74, 6) is 1.83. The van der Waals surface area contributed by atoms with Crippen LogP contribution in [0.15, 0.2) is 12.1 Å². The summed E-state index contributed by atoms with van der Waals surface area (Å²) in [6.07, 6.45) is 4.34. The Labute approximate surface area is 80.0 Å². The van der Waals surface area contributed by atoms with Crippen molar-refractivity contribution in [1.29, 1.82) is 0 Å². The molecule has 1 aromatic rings. The Kier molecular flexibility index (Phi) is 1.39. The van der Waals surface area contributed by atoms with Crippen molar-refractivity contribution in [2.75, 3.05) is 0 Å². The maximum Gasteiger partial charge on any atom is -0.0150 e. The Morgan fingerprint density at radius 3 is 1.85 bits per heavy atom. The molecule has 0 N–H and O–H groups in total. The number of hydrogen-bond donors (Lipinski definition) is 0. The molecule has 2 atom stereocenters. The molecule has 13 heavy (non-hydrogen) atoms. The maximum atomic E-state index is 2.30. The third-order valence-electron chi connectivity index (χ3n) is 3.97. The molecule has 68 valence electrons. The second kappa shape index (κ2) is 2.37. The molecule has 0 aliphatic heterocycles. The number of fused-ring (bicyclic) bond motifs is 5. The lowest BCUT2D eigenvalue weighted by molar-refractivity contribution is 0.710. The monoisotopic (exact) mass is 172 g/mol. The van der Waals surface area contributed by atoms with E-state index in [4.69, 9.17) is 0 Å². The van der Waals surface area contributed by atoms with Crippen molar-refractivity contribution in [1.82, 2.24) is 0 Å². The predicted octanol–water partition coefficient (Wildman–Crippen LogP) is 3.67. The third kappa shape index (κ3) is 0.864. The van der Waals surface area contributed by atoms with Gasteiger partial charge in [0.2, 0.25) is 0 Å². The summed E-state index contributed by atoms with van der Waals surface area (Å²) < 4.78 is 0. The Hall–Kier alpha value is -0.780. The van der Waals surface area contributed by atoms with E-state index in [0.29, 0.717) is 0 Å². The Balaban J connectivity index is 2.30. The molecule has 0 amide bonds. The van der Waals surface area contributed by atoms with Crippen LogP contribution in [0, 0.1) is 13.8 Å². The lowest BCUT2D eigenvalue weighted by Gasteiger charge is -2.19. The first-order valence-corrected chi connectivity index (χ1v) is 5.37. The summed E-state index contributed by atoms with van der Waals surface area (Å²) in [6.45, 7) is 4.55. The standard InChI is InChI=1S/C13H16/c1-8-3-4-9(2)13-11-6-5-10(7-11)12(8)13/h3-4,10-11H,5-7H2,1-2H3/t10-,11+. The summed E-state index contributed by atoms with van der Waals surface area (Å²) in [4.78, 5) is 0. The van der Waals surface area contributed by atoms with Crippen molar-refractivity contribution in [2.45, 2.75) is 44.9 Å². The van der Waals surface area contributed by atoms with E-state index in [9.17, 15) is 0 Å². The summed E-state index contributed by atoms with van der Waals surface area (Å²) in [5, 5.41) is 0. The van der Waals surface area contributed by atoms with Gasteiger partial charge in [-0.05, 0) is 67.2 Å². The molecule has 0 aromatic heterocycles. The first-order chi connectivity index (χ1) is 6.27. The summed E-state index contributed by atoms with van der Waals surface area (Å²) in [5.41, 5.74) is 6.51. The fourth-order valence-electron chi connectivity index (χ4n) is 3.44. The summed E-state index contributed by atoms with van der Waals surface area (Å²) in [7, 11) is 0. The lowest BCUT2D eigenvalue weighted by Crippen LogP contribution is -2.02. The predicted molar refractivity (Wildman–Crippen MR) is 55.2 cm³/mol. The molecule has 2 bridgehead atoms. The normalized spacial score (nSPS) is 29.4. The number of benzene rings is 1. The van der Waals surface area contributed by atoms with Crippen LogP contribution in [0.2, 0.25) is 0 Å². The molecule has 3 rings (SSSR count). The SMILES string of the molecule is Cc1ccc(C)c2c1[C@@H]1CC[C@H]2C1. The molecule has 1 saturated carbocycles. The van der Waals surface area contributed by atoms with Gasteiger partial charge in [0.1, 0.15) is 0 Å². The zero-order valence-corrected chi connectivity index (χ0v) is 8.43. The van der Waals surface area contributed by atoms with Crippen LogP contribution in [-0.4, -0.2) is 0 Å². The summed E-state index contributed by atoms with van der Waals surface area (Å²) >= 11 is 0. The van der Waals surface area contributed by atoms with Crippen LogP contribution >= 0.6 is 0 Å². The van der Waals surface area contributed by atoms with E-state index in [1.807, 2.05) is 0 Å². The van der Waals surface area contributed by atoms with E-state index in [0.717, 1.165) is 11.8 Å². The summed E-state index contributed by atoms with van der Waals surface area (Å²) in [6, 6.07) is 4.60. The van der Waals surface area contributed by atoms with E-state index in [1.165, 1.54) is 30.4 Å². The van der Waals surface area contributed by atoms with E-state index >= 15 is 0 Å². The van der Waals surface area contributed by atoms with Gasteiger partial charge in [-0.25, -0.2) is 0 Å². The molecule has 2 aliphatic rings. The van der Waals surface area contributed by atoms with Gasteiger partial charge in [-0.15, -0.1) is 0 Å². The van der Waals surface area contributed by atoms with E-state index in [-0.39, 0.29) is 0 Å². The highest BCUT2D eigenvalue weighted by molar-refractivity contribution is 5.49. The molecule has 1 fully saturated rings. The fourth-order valence-corrected chi connectivity index (χ4v) is 3.44. The van der Waals surface area contributed by atoms with Crippen molar-refractivity contribution in [2.24, 2.45) is 0 Å². The highest BCUT2D eigenvalue weighted by Crippen LogP contribution is 2.54. The van der Waals surface area contributed by atoms with Gasteiger partial charge in [-0.3, -0.25) is 0 Å². The molecule has 0 unspecified atom stereocenters. The third-order valence-corrected chi connectivity index (χ3v) is 3.97. The first-order valence-electron chi connectivity index (χ1n) is 5.37. The molecule has 2 aliphatic carbocycles.